The highest BCUT2D eigenvalue weighted by Crippen LogP contribution is 2.24. The maximum atomic E-state index is 12.1. The minimum Gasteiger partial charge on any atom is -0.369 e. The maximum Gasteiger partial charge on any atom is 0.411 e. The van der Waals surface area contributed by atoms with Gasteiger partial charge in [-0.3, -0.25) is 0 Å². The fraction of sp³-hybridized carbons (Fsp3) is 0.769. The molecule has 0 spiro atoms. The van der Waals surface area contributed by atoms with Gasteiger partial charge in [0.15, 0.2) is 0 Å². The lowest BCUT2D eigenvalue weighted by Gasteiger charge is -2.30. The van der Waals surface area contributed by atoms with Gasteiger partial charge < -0.3 is 15.0 Å². The molecule has 1 aliphatic rings. The second-order valence-corrected chi connectivity index (χ2v) is 5.29. The molecule has 2 N–H and O–H groups in total. The topological polar surface area (TPSA) is 49.9 Å². The Morgan fingerprint density at radius 1 is 1.45 bits per heavy atom. The number of imidazole rings is 1. The zero-order valence-corrected chi connectivity index (χ0v) is 11.5. The van der Waals surface area contributed by atoms with Gasteiger partial charge in [-0.25, -0.2) is 4.98 Å². The average Bonchev–Trinajstić information content (AvgIpc) is 2.80. The minimum absolute atomic E-state index is 0.200. The van der Waals surface area contributed by atoms with E-state index >= 15 is 0 Å². The van der Waals surface area contributed by atoms with E-state index in [1.807, 2.05) is 6.92 Å². The molecule has 0 amide bonds. The summed E-state index contributed by atoms with van der Waals surface area (Å²) in [5.41, 5.74) is 0.987. The van der Waals surface area contributed by atoms with Crippen molar-refractivity contribution < 1.29 is 17.9 Å². The molecule has 0 saturated heterocycles. The summed E-state index contributed by atoms with van der Waals surface area (Å²) in [4.78, 5) is 7.22. The normalized spacial score (nSPS) is 24.0. The summed E-state index contributed by atoms with van der Waals surface area (Å²) in [6.07, 6.45) is 0.421. The van der Waals surface area contributed by atoms with Crippen molar-refractivity contribution in [3.63, 3.8) is 0 Å². The number of aryl methyl sites for hydroxylation is 1. The minimum atomic E-state index is -4.24. The molecule has 1 saturated carbocycles. The number of nitrogens with one attached hydrogen (secondary N) is 2. The monoisotopic (exact) mass is 291 g/mol. The Balaban J connectivity index is 1.73. The third kappa shape index (κ3) is 5.13. The van der Waals surface area contributed by atoms with E-state index in [0.717, 1.165) is 24.4 Å². The summed E-state index contributed by atoms with van der Waals surface area (Å²) in [5, 5.41) is 3.35. The molecule has 4 nitrogen and oxygen atoms in total. The second kappa shape index (κ2) is 6.58. The van der Waals surface area contributed by atoms with Crippen LogP contribution in [0.25, 0.3) is 0 Å². The van der Waals surface area contributed by atoms with Gasteiger partial charge in [0.05, 0.1) is 6.10 Å². The van der Waals surface area contributed by atoms with Gasteiger partial charge in [-0.15, -0.1) is 0 Å². The molecule has 0 aliphatic heterocycles. The molecule has 2 rings (SSSR count). The van der Waals surface area contributed by atoms with Crippen LogP contribution < -0.4 is 5.32 Å². The van der Waals surface area contributed by atoms with Crippen LogP contribution in [0.4, 0.5) is 13.2 Å². The largest absolute Gasteiger partial charge is 0.411 e. The van der Waals surface area contributed by atoms with Gasteiger partial charge in [0.25, 0.3) is 0 Å². The van der Waals surface area contributed by atoms with Crippen LogP contribution in [0.2, 0.25) is 0 Å². The van der Waals surface area contributed by atoms with E-state index in [9.17, 15) is 13.2 Å². The highest BCUT2D eigenvalue weighted by molar-refractivity contribution is 4.99. The molecule has 2 atom stereocenters. The smallest absolute Gasteiger partial charge is 0.369 e. The summed E-state index contributed by atoms with van der Waals surface area (Å²) in [6.45, 7) is 1.38. The average molecular weight is 291 g/mol. The first-order valence-electron chi connectivity index (χ1n) is 6.84. The van der Waals surface area contributed by atoms with Crippen LogP contribution in [0.15, 0.2) is 6.20 Å². The summed E-state index contributed by atoms with van der Waals surface area (Å²) < 4.78 is 41.3. The van der Waals surface area contributed by atoms with Gasteiger partial charge >= 0.3 is 6.18 Å². The second-order valence-electron chi connectivity index (χ2n) is 5.29. The molecule has 0 bridgehead atoms. The molecule has 20 heavy (non-hydrogen) atoms. The standard InChI is InChI=1S/C13H20F3N3O/c1-9-17-6-11(19-9)7-18-10-3-2-4-12(5-10)20-8-13(14,15)16/h6,10,12,18H,2-5,7-8H2,1H3,(H,17,19). The first-order chi connectivity index (χ1) is 9.42. The Morgan fingerprint density at radius 2 is 2.25 bits per heavy atom. The highest BCUT2D eigenvalue weighted by Gasteiger charge is 2.31. The Labute approximate surface area is 116 Å². The van der Waals surface area contributed by atoms with Gasteiger partial charge in [-0.05, 0) is 32.6 Å². The van der Waals surface area contributed by atoms with Crippen LogP contribution in [-0.4, -0.2) is 34.9 Å². The van der Waals surface area contributed by atoms with Crippen molar-refractivity contribution in [2.45, 2.75) is 57.5 Å². The summed E-state index contributed by atoms with van der Waals surface area (Å²) in [6, 6.07) is 0.200. The van der Waals surface area contributed by atoms with E-state index in [1.54, 1.807) is 6.20 Å². The zero-order valence-electron chi connectivity index (χ0n) is 11.5. The van der Waals surface area contributed by atoms with Crippen LogP contribution in [-0.2, 0) is 11.3 Å². The van der Waals surface area contributed by atoms with Gasteiger partial charge in [-0.2, -0.15) is 13.2 Å². The Bertz CT molecular complexity index is 419. The zero-order chi connectivity index (χ0) is 14.6. The van der Waals surface area contributed by atoms with E-state index in [4.69, 9.17) is 4.74 Å². The van der Waals surface area contributed by atoms with E-state index in [2.05, 4.69) is 15.3 Å². The molecule has 1 fully saturated rings. The molecular formula is C13H20F3N3O. The van der Waals surface area contributed by atoms with Gasteiger partial charge in [0, 0.05) is 24.5 Å². The molecule has 7 heteroatoms. The van der Waals surface area contributed by atoms with Crippen molar-refractivity contribution in [1.82, 2.24) is 15.3 Å². The van der Waals surface area contributed by atoms with Gasteiger partial charge in [-0.1, -0.05) is 0 Å². The number of aromatic nitrogens is 2. The molecule has 0 radical (unpaired) electrons. The molecule has 2 unspecified atom stereocenters. The molecule has 114 valence electrons. The van der Waals surface area contributed by atoms with Crippen LogP contribution in [0.5, 0.6) is 0 Å². The lowest BCUT2D eigenvalue weighted by molar-refractivity contribution is -0.188. The van der Waals surface area contributed by atoms with Crippen molar-refractivity contribution in [1.29, 1.82) is 0 Å². The molecule has 1 aromatic heterocycles. The Hall–Kier alpha value is -1.08. The van der Waals surface area contributed by atoms with Crippen molar-refractivity contribution in [2.24, 2.45) is 0 Å². The quantitative estimate of drug-likeness (QED) is 0.877. The number of H-pyrrole nitrogens is 1. The fourth-order valence-electron chi connectivity index (χ4n) is 2.51. The number of hydrogen-bond acceptors (Lipinski definition) is 3. The first kappa shape index (κ1) is 15.3. The maximum absolute atomic E-state index is 12.1. The highest BCUT2D eigenvalue weighted by atomic mass is 19.4. The van der Waals surface area contributed by atoms with E-state index in [1.165, 1.54) is 0 Å². The van der Waals surface area contributed by atoms with Crippen LogP contribution >= 0.6 is 0 Å². The molecule has 1 heterocycles. The third-order valence-electron chi connectivity index (χ3n) is 3.45. The fourth-order valence-corrected chi connectivity index (χ4v) is 2.51. The molecule has 1 aromatic rings. The predicted molar refractivity (Wildman–Crippen MR) is 68.2 cm³/mol. The lowest BCUT2D eigenvalue weighted by atomic mass is 9.93. The number of halogens is 3. The van der Waals surface area contributed by atoms with Gasteiger partial charge in [0.1, 0.15) is 12.4 Å². The number of hydrogen-bond donors (Lipinski definition) is 2. The van der Waals surface area contributed by atoms with E-state index in [-0.39, 0.29) is 12.1 Å². The van der Waals surface area contributed by atoms with Crippen molar-refractivity contribution in [2.75, 3.05) is 6.61 Å². The summed E-state index contributed by atoms with van der Waals surface area (Å²) >= 11 is 0. The number of alkyl halides is 3. The number of rotatable bonds is 5. The lowest BCUT2D eigenvalue weighted by Crippen LogP contribution is -2.37. The predicted octanol–water partition coefficient (Wildman–Crippen LogP) is 2.70. The van der Waals surface area contributed by atoms with Crippen LogP contribution in [0, 0.1) is 6.92 Å². The summed E-state index contributed by atoms with van der Waals surface area (Å²) in [5.74, 6) is 0.858. The Kier molecular flexibility index (Phi) is 5.04. The van der Waals surface area contributed by atoms with Gasteiger partial charge in [0.2, 0.25) is 0 Å². The molecule has 0 aromatic carbocycles. The van der Waals surface area contributed by atoms with E-state index < -0.39 is 12.8 Å². The van der Waals surface area contributed by atoms with Crippen molar-refractivity contribution in [3.05, 3.63) is 17.7 Å². The van der Waals surface area contributed by atoms with Crippen molar-refractivity contribution in [3.8, 4) is 0 Å². The first-order valence-corrected chi connectivity index (χ1v) is 6.84. The SMILES string of the molecule is Cc1ncc(CNC2CCCC(OCC(F)(F)F)C2)[nH]1. The molecule has 1 aliphatic carbocycles. The molecular weight excluding hydrogens is 271 g/mol. The summed E-state index contributed by atoms with van der Waals surface area (Å²) in [7, 11) is 0. The number of aromatic amines is 1. The number of ether oxygens (including phenoxy) is 1. The van der Waals surface area contributed by atoms with E-state index in [0.29, 0.717) is 19.4 Å². The third-order valence-corrected chi connectivity index (χ3v) is 3.45. The van der Waals surface area contributed by atoms with Crippen molar-refractivity contribution >= 4 is 0 Å². The van der Waals surface area contributed by atoms with Crippen LogP contribution in [0.3, 0.4) is 0 Å². The Morgan fingerprint density at radius 3 is 2.90 bits per heavy atom. The number of nitrogens with zero attached hydrogens (tertiary/aromatic N) is 1. The van der Waals surface area contributed by atoms with Crippen LogP contribution in [0.1, 0.15) is 37.2 Å².